The Kier molecular flexibility index (Phi) is 8.40. The van der Waals surface area contributed by atoms with Crippen molar-refractivity contribution in [3.63, 3.8) is 0 Å². The fourth-order valence-electron chi connectivity index (χ4n) is 6.08. The van der Waals surface area contributed by atoms with E-state index in [1.54, 1.807) is 12.1 Å². The maximum absolute atomic E-state index is 12.6. The first-order chi connectivity index (χ1) is 20.0. The number of nitrogens with zero attached hydrogens (tertiary/aromatic N) is 2. The maximum Gasteiger partial charge on any atom is 0.298 e. The molecule has 0 radical (unpaired) electrons. The summed E-state index contributed by atoms with van der Waals surface area (Å²) in [5.41, 5.74) is 7.60. The molecule has 0 bridgehead atoms. The van der Waals surface area contributed by atoms with Gasteiger partial charge in [0.05, 0.1) is 0 Å². The molecule has 6 heteroatoms. The number of hydrogen-bond acceptors (Lipinski definition) is 3. The molecule has 1 aliphatic heterocycles. The summed E-state index contributed by atoms with van der Waals surface area (Å²) in [4.78, 5) is 1.92. The summed E-state index contributed by atoms with van der Waals surface area (Å²) in [6.07, 6.45) is 2.06. The van der Waals surface area contributed by atoms with Crippen molar-refractivity contribution in [3.8, 4) is 0 Å². The van der Waals surface area contributed by atoms with Gasteiger partial charge in [-0.15, -0.1) is 0 Å². The molecule has 5 nitrogen and oxygen atoms in total. The van der Waals surface area contributed by atoms with Crippen LogP contribution in [0, 0.1) is 0 Å². The van der Waals surface area contributed by atoms with Crippen molar-refractivity contribution in [1.29, 1.82) is 0 Å². The van der Waals surface area contributed by atoms with Gasteiger partial charge in [-0.2, -0.15) is 8.42 Å². The van der Waals surface area contributed by atoms with Crippen LogP contribution in [0.25, 0.3) is 0 Å². The summed E-state index contributed by atoms with van der Waals surface area (Å²) < 4.78 is 37.9. The summed E-state index contributed by atoms with van der Waals surface area (Å²) in [5, 5.41) is 0. The molecule has 0 saturated carbocycles. The molecular formula is C36H41N2O3S+. The Balaban J connectivity index is 1.89. The van der Waals surface area contributed by atoms with Crippen molar-refractivity contribution in [1.82, 2.24) is 0 Å². The summed E-state index contributed by atoms with van der Waals surface area (Å²) >= 11 is 0. The predicted molar refractivity (Wildman–Crippen MR) is 172 cm³/mol. The van der Waals surface area contributed by atoms with Gasteiger partial charge in [0.15, 0.2) is 12.1 Å². The molecule has 0 saturated heterocycles. The van der Waals surface area contributed by atoms with Crippen LogP contribution in [0.2, 0.25) is 0 Å². The lowest BCUT2D eigenvalue weighted by Crippen LogP contribution is -2.27. The van der Waals surface area contributed by atoms with E-state index < -0.39 is 10.1 Å². The average molecular weight is 582 g/mol. The van der Waals surface area contributed by atoms with Gasteiger partial charge < -0.3 is 0 Å². The second-order valence-electron chi connectivity index (χ2n) is 12.1. The molecule has 5 rings (SSSR count). The van der Waals surface area contributed by atoms with Crippen LogP contribution in [0.3, 0.4) is 0 Å². The lowest BCUT2D eigenvalue weighted by atomic mass is 9.86. The fourth-order valence-corrected chi connectivity index (χ4v) is 6.77. The third-order valence-electron chi connectivity index (χ3n) is 8.21. The Hall–Kier alpha value is -3.74. The average Bonchev–Trinajstić information content (AvgIpc) is 3.37. The summed E-state index contributed by atoms with van der Waals surface area (Å²) in [6, 6.07) is 31.6. The zero-order valence-corrected chi connectivity index (χ0v) is 26.1. The van der Waals surface area contributed by atoms with Crippen LogP contribution < -0.4 is 4.90 Å². The highest BCUT2D eigenvalue weighted by molar-refractivity contribution is 7.86. The van der Waals surface area contributed by atoms with Gasteiger partial charge in [-0.05, 0) is 35.4 Å². The number of benzene rings is 4. The van der Waals surface area contributed by atoms with Gasteiger partial charge in [0.1, 0.15) is 16.3 Å². The molecule has 4 aromatic carbocycles. The Labute approximate surface area is 250 Å². The molecule has 4 aromatic rings. The SMILES string of the molecule is CC(C)c1cc(C(C)C)c([N+]2=CN(c3ccccc3S(=O)(=O)O)[C@@H](c3ccccc3)[C@H]2c2ccccc2)c(C(C)C)c1. The van der Waals surface area contributed by atoms with Gasteiger partial charge >= 0.3 is 0 Å². The molecule has 0 aromatic heterocycles. The third-order valence-corrected chi connectivity index (χ3v) is 9.11. The van der Waals surface area contributed by atoms with Gasteiger partial charge in [0, 0.05) is 22.3 Å². The Bertz CT molecular complexity index is 1670. The van der Waals surface area contributed by atoms with Crippen molar-refractivity contribution < 1.29 is 17.5 Å². The van der Waals surface area contributed by atoms with Crippen LogP contribution in [0.5, 0.6) is 0 Å². The Morgan fingerprint density at radius 1 is 0.690 bits per heavy atom. The van der Waals surface area contributed by atoms with Crippen LogP contribution in [-0.2, 0) is 10.1 Å². The molecule has 1 heterocycles. The van der Waals surface area contributed by atoms with E-state index in [1.165, 1.54) is 22.8 Å². The molecule has 1 N–H and O–H groups in total. The van der Waals surface area contributed by atoms with Crippen LogP contribution in [-0.4, -0.2) is 23.9 Å². The predicted octanol–water partition coefficient (Wildman–Crippen LogP) is 8.98. The van der Waals surface area contributed by atoms with E-state index in [4.69, 9.17) is 0 Å². The van der Waals surface area contributed by atoms with E-state index in [1.807, 2.05) is 35.2 Å². The van der Waals surface area contributed by atoms with Crippen molar-refractivity contribution >= 4 is 27.8 Å². The summed E-state index contributed by atoms with van der Waals surface area (Å²) in [5.74, 6) is 0.905. The smallest absolute Gasteiger partial charge is 0.282 e. The maximum atomic E-state index is 12.6. The molecule has 42 heavy (non-hydrogen) atoms. The summed E-state index contributed by atoms with van der Waals surface area (Å²) in [6.45, 7) is 13.4. The number of anilines is 1. The lowest BCUT2D eigenvalue weighted by molar-refractivity contribution is -0.482. The minimum absolute atomic E-state index is 0.112. The van der Waals surface area contributed by atoms with Crippen molar-refractivity contribution in [3.05, 3.63) is 125 Å². The van der Waals surface area contributed by atoms with Crippen molar-refractivity contribution in [2.24, 2.45) is 0 Å². The molecule has 0 amide bonds. The van der Waals surface area contributed by atoms with Crippen LogP contribution in [0.1, 0.15) is 99.2 Å². The fraction of sp³-hybridized carbons (Fsp3) is 0.306. The molecular weight excluding hydrogens is 540 g/mol. The Morgan fingerprint density at radius 2 is 1.19 bits per heavy atom. The molecule has 1 aliphatic rings. The van der Waals surface area contributed by atoms with Gasteiger partial charge in [-0.3, -0.25) is 4.55 Å². The van der Waals surface area contributed by atoms with Crippen molar-refractivity contribution in [2.75, 3.05) is 4.90 Å². The van der Waals surface area contributed by atoms with E-state index in [0.29, 0.717) is 11.6 Å². The quantitative estimate of drug-likeness (QED) is 0.167. The van der Waals surface area contributed by atoms with E-state index in [9.17, 15) is 13.0 Å². The normalized spacial score (nSPS) is 17.4. The second kappa shape index (κ2) is 11.9. The number of rotatable bonds is 8. The summed E-state index contributed by atoms with van der Waals surface area (Å²) in [7, 11) is -4.48. The monoisotopic (exact) mass is 581 g/mol. The second-order valence-corrected chi connectivity index (χ2v) is 13.5. The van der Waals surface area contributed by atoms with Gasteiger partial charge in [-0.1, -0.05) is 126 Å². The minimum Gasteiger partial charge on any atom is -0.282 e. The third kappa shape index (κ3) is 5.66. The van der Waals surface area contributed by atoms with E-state index in [2.05, 4.69) is 101 Å². The zero-order chi connectivity index (χ0) is 30.2. The van der Waals surface area contributed by atoms with E-state index >= 15 is 0 Å². The Morgan fingerprint density at radius 3 is 1.69 bits per heavy atom. The molecule has 2 atom stereocenters. The molecule has 0 aliphatic carbocycles. The van der Waals surface area contributed by atoms with Gasteiger partial charge in [0.25, 0.3) is 10.1 Å². The van der Waals surface area contributed by atoms with Crippen molar-refractivity contribution in [2.45, 2.75) is 76.3 Å². The van der Waals surface area contributed by atoms with Crippen LogP contribution in [0.15, 0.2) is 102 Å². The first-order valence-electron chi connectivity index (χ1n) is 14.7. The van der Waals surface area contributed by atoms with E-state index in [-0.39, 0.29) is 28.8 Å². The minimum atomic E-state index is -4.48. The number of para-hydroxylation sites is 1. The standard InChI is InChI=1S/C36H40N2O3S/c1-24(2)29-21-30(25(3)4)36(31(22-29)26(5)6)38-23-37(32-19-13-14-20-33(32)42(39,40)41)34(27-15-9-7-10-16-27)35(38)28-17-11-8-12-18-28/h7-26,34-35H,1-6H3/p+1/t34-,35+/m0/s1. The highest BCUT2D eigenvalue weighted by Gasteiger charge is 2.48. The highest BCUT2D eigenvalue weighted by atomic mass is 32.2. The van der Waals surface area contributed by atoms with Crippen LogP contribution >= 0.6 is 0 Å². The van der Waals surface area contributed by atoms with Gasteiger partial charge in [-0.25, -0.2) is 9.48 Å². The zero-order valence-electron chi connectivity index (χ0n) is 25.3. The molecule has 0 unspecified atom stereocenters. The number of hydrogen-bond donors (Lipinski definition) is 1. The topological polar surface area (TPSA) is 60.6 Å². The van der Waals surface area contributed by atoms with E-state index in [0.717, 1.165) is 16.8 Å². The van der Waals surface area contributed by atoms with Crippen LogP contribution in [0.4, 0.5) is 11.4 Å². The first-order valence-corrected chi connectivity index (χ1v) is 16.2. The largest absolute Gasteiger partial charge is 0.298 e. The molecule has 0 spiro atoms. The molecule has 0 fully saturated rings. The lowest BCUT2D eigenvalue weighted by Gasteiger charge is -2.27. The van der Waals surface area contributed by atoms with Gasteiger partial charge in [0.2, 0.25) is 6.34 Å². The first kappa shape index (κ1) is 29.7. The highest BCUT2D eigenvalue weighted by Crippen LogP contribution is 2.49. The molecule has 218 valence electrons.